The first kappa shape index (κ1) is 15.2. The van der Waals surface area contributed by atoms with Crippen LogP contribution in [0.4, 0.5) is 5.69 Å². The molecule has 0 bridgehead atoms. The van der Waals surface area contributed by atoms with E-state index in [0.717, 1.165) is 42.4 Å². The van der Waals surface area contributed by atoms with Crippen LogP contribution in [0.1, 0.15) is 31.9 Å². The number of aromatic nitrogens is 2. The number of anilines is 1. The number of aliphatic hydroxyl groups is 1. The largest absolute Gasteiger partial charge is 0.396 e. The van der Waals surface area contributed by atoms with E-state index in [1.807, 2.05) is 24.3 Å². The number of hydrogen-bond acceptors (Lipinski definition) is 5. The molecule has 0 spiro atoms. The number of nitriles is 1. The second kappa shape index (κ2) is 7.55. The van der Waals surface area contributed by atoms with Crippen molar-refractivity contribution < 1.29 is 5.11 Å². The number of fused-ring (bicyclic) bond motifs is 1. The molecule has 1 atom stereocenters. The SMILES string of the molecule is CCCC(CCO)CNc1c(C#N)nnc2ccccc12. The zero-order valence-corrected chi connectivity index (χ0v) is 12.2. The first-order valence-electron chi connectivity index (χ1n) is 7.30. The molecule has 1 unspecified atom stereocenters. The van der Waals surface area contributed by atoms with Crippen molar-refractivity contribution in [2.24, 2.45) is 5.92 Å². The van der Waals surface area contributed by atoms with Crippen LogP contribution >= 0.6 is 0 Å². The van der Waals surface area contributed by atoms with Gasteiger partial charge in [-0.2, -0.15) is 5.26 Å². The second-order valence-electron chi connectivity index (χ2n) is 5.10. The summed E-state index contributed by atoms with van der Waals surface area (Å²) in [6, 6.07) is 9.73. The molecular weight excluding hydrogens is 264 g/mol. The van der Waals surface area contributed by atoms with Crippen LogP contribution in [0, 0.1) is 17.2 Å². The third-order valence-corrected chi connectivity index (χ3v) is 3.58. The summed E-state index contributed by atoms with van der Waals surface area (Å²) >= 11 is 0. The van der Waals surface area contributed by atoms with Crippen molar-refractivity contribution in [1.82, 2.24) is 10.2 Å². The highest BCUT2D eigenvalue weighted by atomic mass is 16.3. The van der Waals surface area contributed by atoms with Crippen molar-refractivity contribution in [3.8, 4) is 6.07 Å². The maximum Gasteiger partial charge on any atom is 0.186 e. The Morgan fingerprint density at radius 2 is 2.10 bits per heavy atom. The molecule has 0 fully saturated rings. The third kappa shape index (κ3) is 3.67. The zero-order valence-electron chi connectivity index (χ0n) is 12.2. The normalized spacial score (nSPS) is 12.0. The quantitative estimate of drug-likeness (QED) is 0.817. The highest BCUT2D eigenvalue weighted by Gasteiger charge is 2.12. The smallest absolute Gasteiger partial charge is 0.186 e. The molecule has 2 N–H and O–H groups in total. The van der Waals surface area contributed by atoms with Gasteiger partial charge in [-0.05, 0) is 24.8 Å². The van der Waals surface area contributed by atoms with Crippen LogP contribution in [-0.4, -0.2) is 28.5 Å². The molecule has 0 saturated carbocycles. The van der Waals surface area contributed by atoms with Crippen molar-refractivity contribution in [3.05, 3.63) is 30.0 Å². The van der Waals surface area contributed by atoms with Crippen molar-refractivity contribution >= 4 is 16.6 Å². The van der Waals surface area contributed by atoms with E-state index in [-0.39, 0.29) is 6.61 Å². The molecule has 5 heteroatoms. The van der Waals surface area contributed by atoms with Gasteiger partial charge in [0.05, 0.1) is 11.2 Å². The van der Waals surface area contributed by atoms with Crippen LogP contribution in [0.5, 0.6) is 0 Å². The van der Waals surface area contributed by atoms with Gasteiger partial charge >= 0.3 is 0 Å². The average Bonchev–Trinajstić information content (AvgIpc) is 2.52. The molecule has 1 aromatic carbocycles. The molecule has 1 heterocycles. The predicted molar refractivity (Wildman–Crippen MR) is 82.8 cm³/mol. The Morgan fingerprint density at radius 1 is 1.29 bits per heavy atom. The van der Waals surface area contributed by atoms with E-state index in [0.29, 0.717) is 11.6 Å². The fourth-order valence-electron chi connectivity index (χ4n) is 2.50. The highest BCUT2D eigenvalue weighted by Crippen LogP contribution is 2.24. The predicted octanol–water partition coefficient (Wildman–Crippen LogP) is 2.71. The first-order valence-corrected chi connectivity index (χ1v) is 7.30. The van der Waals surface area contributed by atoms with Crippen LogP contribution in [0.15, 0.2) is 24.3 Å². The number of hydrogen-bond donors (Lipinski definition) is 2. The average molecular weight is 284 g/mol. The summed E-state index contributed by atoms with van der Waals surface area (Å²) in [5.41, 5.74) is 1.82. The molecule has 0 aliphatic rings. The van der Waals surface area contributed by atoms with E-state index in [1.54, 1.807) is 0 Å². The van der Waals surface area contributed by atoms with Gasteiger partial charge in [-0.1, -0.05) is 31.5 Å². The van der Waals surface area contributed by atoms with Crippen LogP contribution in [0.25, 0.3) is 10.9 Å². The first-order chi connectivity index (χ1) is 10.3. The number of benzene rings is 1. The molecule has 110 valence electrons. The van der Waals surface area contributed by atoms with E-state index in [1.165, 1.54) is 0 Å². The summed E-state index contributed by atoms with van der Waals surface area (Å²) in [4.78, 5) is 0. The number of nitrogens with one attached hydrogen (secondary N) is 1. The molecule has 0 aliphatic carbocycles. The second-order valence-corrected chi connectivity index (χ2v) is 5.10. The van der Waals surface area contributed by atoms with Crippen LogP contribution < -0.4 is 5.32 Å². The fraction of sp³-hybridized carbons (Fsp3) is 0.438. The zero-order chi connectivity index (χ0) is 15.1. The summed E-state index contributed by atoms with van der Waals surface area (Å²) in [6.07, 6.45) is 2.89. The standard InChI is InChI=1S/C16H20N4O/c1-2-5-12(8-9-21)11-18-16-13-6-3-4-7-14(13)19-20-15(16)10-17/h3-4,6-7,12,21H,2,5,8-9,11H2,1H3,(H,18,19). The third-order valence-electron chi connectivity index (χ3n) is 3.58. The maximum absolute atomic E-state index is 9.22. The fourth-order valence-corrected chi connectivity index (χ4v) is 2.50. The van der Waals surface area contributed by atoms with Crippen molar-refractivity contribution in [2.45, 2.75) is 26.2 Å². The highest BCUT2D eigenvalue weighted by molar-refractivity contribution is 5.92. The van der Waals surface area contributed by atoms with Gasteiger partial charge in [0.15, 0.2) is 5.69 Å². The van der Waals surface area contributed by atoms with Gasteiger partial charge in [-0.25, -0.2) is 0 Å². The lowest BCUT2D eigenvalue weighted by molar-refractivity contribution is 0.255. The maximum atomic E-state index is 9.22. The molecule has 5 nitrogen and oxygen atoms in total. The molecule has 0 saturated heterocycles. The Kier molecular flexibility index (Phi) is 5.47. The summed E-state index contributed by atoms with van der Waals surface area (Å²) in [6.45, 7) is 3.04. The molecular formula is C16H20N4O. The monoisotopic (exact) mass is 284 g/mol. The Balaban J connectivity index is 2.26. The topological polar surface area (TPSA) is 81.8 Å². The van der Waals surface area contributed by atoms with Gasteiger partial charge in [0, 0.05) is 18.5 Å². The Hall–Kier alpha value is -2.19. The minimum Gasteiger partial charge on any atom is -0.396 e. The van der Waals surface area contributed by atoms with Crippen LogP contribution in [0.2, 0.25) is 0 Å². The summed E-state index contributed by atoms with van der Waals surface area (Å²) < 4.78 is 0. The molecule has 2 rings (SSSR count). The lowest BCUT2D eigenvalue weighted by atomic mass is 10.00. The van der Waals surface area contributed by atoms with Gasteiger partial charge in [-0.15, -0.1) is 10.2 Å². The Labute approximate surface area is 124 Å². The molecule has 0 aliphatic heterocycles. The van der Waals surface area contributed by atoms with Gasteiger partial charge in [0.2, 0.25) is 0 Å². The number of rotatable bonds is 7. The van der Waals surface area contributed by atoms with E-state index in [2.05, 4.69) is 28.5 Å². The number of aliphatic hydroxyl groups excluding tert-OH is 1. The molecule has 0 amide bonds. The summed E-state index contributed by atoms with van der Waals surface area (Å²) in [5, 5.41) is 30.6. The van der Waals surface area contributed by atoms with Gasteiger partial charge < -0.3 is 10.4 Å². The minimum absolute atomic E-state index is 0.187. The lowest BCUT2D eigenvalue weighted by Gasteiger charge is -2.17. The minimum atomic E-state index is 0.187. The number of nitrogens with zero attached hydrogens (tertiary/aromatic N) is 3. The van der Waals surface area contributed by atoms with E-state index in [4.69, 9.17) is 5.11 Å². The van der Waals surface area contributed by atoms with Gasteiger partial charge in [-0.3, -0.25) is 0 Å². The Morgan fingerprint density at radius 3 is 2.81 bits per heavy atom. The van der Waals surface area contributed by atoms with Gasteiger partial charge in [0.25, 0.3) is 0 Å². The van der Waals surface area contributed by atoms with Crippen molar-refractivity contribution in [3.63, 3.8) is 0 Å². The molecule has 2 aromatic rings. The summed E-state index contributed by atoms with van der Waals surface area (Å²) in [5.74, 6) is 0.387. The van der Waals surface area contributed by atoms with Gasteiger partial charge in [0.1, 0.15) is 6.07 Å². The molecule has 1 aromatic heterocycles. The lowest BCUT2D eigenvalue weighted by Crippen LogP contribution is -2.17. The van der Waals surface area contributed by atoms with Crippen LogP contribution in [-0.2, 0) is 0 Å². The van der Waals surface area contributed by atoms with E-state index in [9.17, 15) is 5.26 Å². The molecule has 0 radical (unpaired) electrons. The van der Waals surface area contributed by atoms with E-state index < -0.39 is 0 Å². The van der Waals surface area contributed by atoms with Crippen LogP contribution in [0.3, 0.4) is 0 Å². The van der Waals surface area contributed by atoms with E-state index >= 15 is 0 Å². The van der Waals surface area contributed by atoms with Crippen molar-refractivity contribution in [1.29, 1.82) is 5.26 Å². The summed E-state index contributed by atoms with van der Waals surface area (Å²) in [7, 11) is 0. The molecule has 21 heavy (non-hydrogen) atoms. The Bertz CT molecular complexity index is 630. The van der Waals surface area contributed by atoms with Crippen molar-refractivity contribution in [2.75, 3.05) is 18.5 Å².